The van der Waals surface area contributed by atoms with E-state index in [1.807, 2.05) is 0 Å². The highest BCUT2D eigenvalue weighted by molar-refractivity contribution is 4.88. The van der Waals surface area contributed by atoms with Crippen molar-refractivity contribution >= 4 is 0 Å². The summed E-state index contributed by atoms with van der Waals surface area (Å²) in [5.41, 5.74) is 0.303. The van der Waals surface area contributed by atoms with Gasteiger partial charge in [-0.05, 0) is 44.9 Å². The molecule has 1 nitrogen and oxygen atoms in total. The Labute approximate surface area is 102 Å². The molecule has 1 aliphatic rings. The SMILES string of the molecule is CCC(NC(C)(C)CC)C1CCCCC1C. The third-order valence-corrected chi connectivity index (χ3v) is 4.59. The minimum absolute atomic E-state index is 0.303. The first-order chi connectivity index (χ1) is 7.50. The van der Waals surface area contributed by atoms with Gasteiger partial charge in [-0.15, -0.1) is 0 Å². The van der Waals surface area contributed by atoms with E-state index in [2.05, 4.69) is 39.9 Å². The van der Waals surface area contributed by atoms with Crippen LogP contribution in [0.5, 0.6) is 0 Å². The second kappa shape index (κ2) is 6.05. The summed E-state index contributed by atoms with van der Waals surface area (Å²) in [6.07, 6.45) is 8.26. The summed E-state index contributed by atoms with van der Waals surface area (Å²) in [5, 5.41) is 3.89. The fraction of sp³-hybridized carbons (Fsp3) is 1.00. The van der Waals surface area contributed by atoms with Gasteiger partial charge in [0.25, 0.3) is 0 Å². The molecule has 96 valence electrons. The van der Waals surface area contributed by atoms with E-state index in [0.717, 1.165) is 17.9 Å². The fourth-order valence-corrected chi connectivity index (χ4v) is 3.06. The van der Waals surface area contributed by atoms with Gasteiger partial charge in [0.1, 0.15) is 0 Å². The van der Waals surface area contributed by atoms with Gasteiger partial charge < -0.3 is 5.32 Å². The average molecular weight is 225 g/mol. The Balaban J connectivity index is 2.58. The van der Waals surface area contributed by atoms with Gasteiger partial charge in [-0.2, -0.15) is 0 Å². The van der Waals surface area contributed by atoms with Crippen LogP contribution in [0.25, 0.3) is 0 Å². The highest BCUT2D eigenvalue weighted by atomic mass is 15.0. The molecule has 1 fully saturated rings. The molecule has 1 aliphatic carbocycles. The Hall–Kier alpha value is -0.0400. The summed E-state index contributed by atoms with van der Waals surface area (Å²) in [6, 6.07) is 0.727. The van der Waals surface area contributed by atoms with Crippen LogP contribution in [0.1, 0.15) is 73.1 Å². The molecule has 3 unspecified atom stereocenters. The van der Waals surface area contributed by atoms with E-state index in [1.54, 1.807) is 0 Å². The largest absolute Gasteiger partial charge is 0.309 e. The molecule has 0 saturated heterocycles. The second-order valence-corrected chi connectivity index (χ2v) is 6.32. The van der Waals surface area contributed by atoms with Gasteiger partial charge in [0, 0.05) is 11.6 Å². The number of hydrogen-bond acceptors (Lipinski definition) is 1. The zero-order chi connectivity index (χ0) is 12.2. The maximum absolute atomic E-state index is 3.89. The molecule has 0 amide bonds. The summed E-state index contributed by atoms with van der Waals surface area (Å²) in [6.45, 7) is 11.7. The second-order valence-electron chi connectivity index (χ2n) is 6.32. The van der Waals surface area contributed by atoms with Crippen LogP contribution in [0.15, 0.2) is 0 Å². The lowest BCUT2D eigenvalue weighted by atomic mass is 9.75. The Morgan fingerprint density at radius 2 is 1.81 bits per heavy atom. The minimum Gasteiger partial charge on any atom is -0.309 e. The summed E-state index contributed by atoms with van der Waals surface area (Å²) in [4.78, 5) is 0. The summed E-state index contributed by atoms with van der Waals surface area (Å²) < 4.78 is 0. The minimum atomic E-state index is 0.303. The molecule has 3 atom stereocenters. The lowest BCUT2D eigenvalue weighted by molar-refractivity contribution is 0.161. The summed E-state index contributed by atoms with van der Waals surface area (Å²) in [7, 11) is 0. The molecule has 16 heavy (non-hydrogen) atoms. The monoisotopic (exact) mass is 225 g/mol. The standard InChI is InChI=1S/C15H31N/c1-6-14(16-15(4,5)7-2)13-11-9-8-10-12(13)3/h12-14,16H,6-11H2,1-5H3. The first kappa shape index (κ1) is 14.0. The first-order valence-corrected chi connectivity index (χ1v) is 7.28. The molecule has 0 aromatic carbocycles. The van der Waals surface area contributed by atoms with Crippen LogP contribution < -0.4 is 5.32 Å². The molecule has 0 aliphatic heterocycles. The highest BCUT2D eigenvalue weighted by Gasteiger charge is 2.30. The van der Waals surface area contributed by atoms with Crippen molar-refractivity contribution in [1.29, 1.82) is 0 Å². The highest BCUT2D eigenvalue weighted by Crippen LogP contribution is 2.33. The molecule has 0 aromatic rings. The van der Waals surface area contributed by atoms with Crippen LogP contribution >= 0.6 is 0 Å². The van der Waals surface area contributed by atoms with Crippen molar-refractivity contribution in [3.05, 3.63) is 0 Å². The van der Waals surface area contributed by atoms with E-state index >= 15 is 0 Å². The molecule has 1 N–H and O–H groups in total. The van der Waals surface area contributed by atoms with Gasteiger partial charge in [-0.3, -0.25) is 0 Å². The summed E-state index contributed by atoms with van der Waals surface area (Å²) >= 11 is 0. The molecule has 0 aromatic heterocycles. The van der Waals surface area contributed by atoms with E-state index < -0.39 is 0 Å². The van der Waals surface area contributed by atoms with Crippen molar-refractivity contribution in [3.8, 4) is 0 Å². The summed E-state index contributed by atoms with van der Waals surface area (Å²) in [5.74, 6) is 1.82. The van der Waals surface area contributed by atoms with Crippen molar-refractivity contribution in [2.75, 3.05) is 0 Å². The maximum Gasteiger partial charge on any atom is 0.0125 e. The molecule has 1 saturated carbocycles. The molecule has 1 rings (SSSR count). The average Bonchev–Trinajstić information content (AvgIpc) is 2.27. The molecule has 0 radical (unpaired) electrons. The molecule has 1 heteroatoms. The van der Waals surface area contributed by atoms with Crippen LogP contribution in [0, 0.1) is 11.8 Å². The molecule has 0 bridgehead atoms. The Bertz CT molecular complexity index is 198. The Kier molecular flexibility index (Phi) is 5.30. The van der Waals surface area contributed by atoms with Crippen molar-refractivity contribution in [2.45, 2.75) is 84.7 Å². The molecule has 0 heterocycles. The number of nitrogens with one attached hydrogen (secondary N) is 1. The zero-order valence-corrected chi connectivity index (χ0v) is 12.0. The van der Waals surface area contributed by atoms with E-state index in [0.29, 0.717) is 5.54 Å². The fourth-order valence-electron chi connectivity index (χ4n) is 3.06. The third-order valence-electron chi connectivity index (χ3n) is 4.59. The van der Waals surface area contributed by atoms with Gasteiger partial charge in [0.2, 0.25) is 0 Å². The predicted octanol–water partition coefficient (Wildman–Crippen LogP) is 4.37. The smallest absolute Gasteiger partial charge is 0.0125 e. The van der Waals surface area contributed by atoms with E-state index in [1.165, 1.54) is 38.5 Å². The molecular formula is C15H31N. The van der Waals surface area contributed by atoms with Gasteiger partial charge in [0.05, 0.1) is 0 Å². The maximum atomic E-state index is 3.89. The normalized spacial score (nSPS) is 29.1. The topological polar surface area (TPSA) is 12.0 Å². The van der Waals surface area contributed by atoms with Crippen LogP contribution in [0.2, 0.25) is 0 Å². The van der Waals surface area contributed by atoms with Crippen molar-refractivity contribution in [2.24, 2.45) is 11.8 Å². The molecular weight excluding hydrogens is 194 g/mol. The van der Waals surface area contributed by atoms with Crippen LogP contribution in [-0.2, 0) is 0 Å². The predicted molar refractivity (Wildman–Crippen MR) is 72.7 cm³/mol. The van der Waals surface area contributed by atoms with Crippen LogP contribution in [0.3, 0.4) is 0 Å². The van der Waals surface area contributed by atoms with Crippen molar-refractivity contribution in [3.63, 3.8) is 0 Å². The Morgan fingerprint density at radius 3 is 2.31 bits per heavy atom. The van der Waals surface area contributed by atoms with Crippen LogP contribution in [0.4, 0.5) is 0 Å². The van der Waals surface area contributed by atoms with Gasteiger partial charge in [-0.1, -0.05) is 40.0 Å². The Morgan fingerprint density at radius 1 is 1.19 bits per heavy atom. The first-order valence-electron chi connectivity index (χ1n) is 7.28. The number of hydrogen-bond donors (Lipinski definition) is 1. The van der Waals surface area contributed by atoms with E-state index in [-0.39, 0.29) is 0 Å². The number of rotatable bonds is 5. The lowest BCUT2D eigenvalue weighted by Gasteiger charge is -2.40. The van der Waals surface area contributed by atoms with E-state index in [9.17, 15) is 0 Å². The quantitative estimate of drug-likeness (QED) is 0.732. The third kappa shape index (κ3) is 3.76. The van der Waals surface area contributed by atoms with Gasteiger partial charge >= 0.3 is 0 Å². The van der Waals surface area contributed by atoms with Gasteiger partial charge in [0.15, 0.2) is 0 Å². The van der Waals surface area contributed by atoms with Gasteiger partial charge in [-0.25, -0.2) is 0 Å². The van der Waals surface area contributed by atoms with E-state index in [4.69, 9.17) is 0 Å². The zero-order valence-electron chi connectivity index (χ0n) is 12.0. The lowest BCUT2D eigenvalue weighted by Crippen LogP contribution is -2.50. The molecule has 0 spiro atoms. The van der Waals surface area contributed by atoms with Crippen molar-refractivity contribution < 1.29 is 0 Å². The van der Waals surface area contributed by atoms with Crippen molar-refractivity contribution in [1.82, 2.24) is 5.32 Å². The van der Waals surface area contributed by atoms with Crippen LogP contribution in [-0.4, -0.2) is 11.6 Å².